The maximum atomic E-state index is 11.7. The lowest BCUT2D eigenvalue weighted by Gasteiger charge is -2.00. The fourth-order valence-corrected chi connectivity index (χ4v) is 1.20. The summed E-state index contributed by atoms with van der Waals surface area (Å²) < 4.78 is 4.99. The fourth-order valence-electron chi connectivity index (χ4n) is 1.20. The van der Waals surface area contributed by atoms with E-state index in [9.17, 15) is 4.79 Å². The molecule has 5 nitrogen and oxygen atoms in total. The quantitative estimate of drug-likeness (QED) is 0.757. The van der Waals surface area contributed by atoms with Crippen LogP contribution in [-0.4, -0.2) is 28.3 Å². The second-order valence-corrected chi connectivity index (χ2v) is 2.91. The number of rotatable bonds is 3. The third kappa shape index (κ3) is 1.85. The van der Waals surface area contributed by atoms with Crippen LogP contribution in [0.2, 0.25) is 0 Å². The monoisotopic (exact) mass is 203 g/mol. The van der Waals surface area contributed by atoms with E-state index in [0.29, 0.717) is 17.0 Å². The molecule has 0 unspecified atom stereocenters. The molecule has 1 N–H and O–H groups in total. The molecule has 15 heavy (non-hydrogen) atoms. The Hall–Kier alpha value is -2.17. The van der Waals surface area contributed by atoms with E-state index in [1.807, 2.05) is 0 Å². The molecule has 0 radical (unpaired) electrons. The molecule has 0 aliphatic heterocycles. The van der Waals surface area contributed by atoms with Crippen LogP contribution >= 0.6 is 0 Å². The molecule has 1 aromatic heterocycles. The van der Waals surface area contributed by atoms with Gasteiger partial charge in [0.15, 0.2) is 5.69 Å². The normalized spacial score (nSPS) is 9.93. The lowest BCUT2D eigenvalue weighted by molar-refractivity contribution is 0.103. The van der Waals surface area contributed by atoms with Gasteiger partial charge < -0.3 is 4.74 Å². The summed E-state index contributed by atoms with van der Waals surface area (Å²) in [6.45, 7) is 0. The SMILES string of the molecule is COc1ccc(C(=O)c2cn[nH]n2)cc1. The number of hydrogen-bond donors (Lipinski definition) is 1. The lowest BCUT2D eigenvalue weighted by Crippen LogP contribution is -2.01. The highest BCUT2D eigenvalue weighted by Crippen LogP contribution is 2.13. The fraction of sp³-hybridized carbons (Fsp3) is 0.100. The number of ether oxygens (including phenoxy) is 1. The van der Waals surface area contributed by atoms with Crippen molar-refractivity contribution in [2.24, 2.45) is 0 Å². The van der Waals surface area contributed by atoms with Crippen LogP contribution in [0.25, 0.3) is 0 Å². The van der Waals surface area contributed by atoms with E-state index in [0.717, 1.165) is 0 Å². The molecule has 1 heterocycles. The molecule has 0 aliphatic rings. The number of methoxy groups -OCH3 is 1. The summed E-state index contributed by atoms with van der Waals surface area (Å²) in [6.07, 6.45) is 1.40. The largest absolute Gasteiger partial charge is 0.497 e. The molecule has 1 aromatic carbocycles. The number of ketones is 1. The van der Waals surface area contributed by atoms with Crippen molar-refractivity contribution in [2.45, 2.75) is 0 Å². The molecule has 5 heteroatoms. The Morgan fingerprint density at radius 3 is 2.60 bits per heavy atom. The van der Waals surface area contributed by atoms with E-state index >= 15 is 0 Å². The Kier molecular flexibility index (Phi) is 2.45. The topological polar surface area (TPSA) is 67.9 Å². The maximum Gasteiger partial charge on any atom is 0.214 e. The number of H-pyrrole nitrogens is 1. The molecule has 76 valence electrons. The van der Waals surface area contributed by atoms with Crippen molar-refractivity contribution in [1.29, 1.82) is 0 Å². The zero-order valence-corrected chi connectivity index (χ0v) is 8.10. The number of hydrogen-bond acceptors (Lipinski definition) is 4. The number of nitrogens with one attached hydrogen (secondary N) is 1. The molecule has 0 atom stereocenters. The van der Waals surface area contributed by atoms with Crippen LogP contribution in [-0.2, 0) is 0 Å². The van der Waals surface area contributed by atoms with E-state index in [1.54, 1.807) is 31.4 Å². The first-order valence-corrected chi connectivity index (χ1v) is 4.36. The molecule has 0 saturated carbocycles. The van der Waals surface area contributed by atoms with Crippen LogP contribution in [0.3, 0.4) is 0 Å². The minimum atomic E-state index is -0.161. The van der Waals surface area contributed by atoms with Gasteiger partial charge in [-0.1, -0.05) is 0 Å². The first-order chi connectivity index (χ1) is 7.31. The average molecular weight is 203 g/mol. The number of carbonyl (C=O) groups excluding carboxylic acids is 1. The Morgan fingerprint density at radius 2 is 2.07 bits per heavy atom. The predicted molar refractivity (Wildman–Crippen MR) is 52.8 cm³/mol. The molecule has 0 aliphatic carbocycles. The van der Waals surface area contributed by atoms with Gasteiger partial charge in [-0.05, 0) is 24.3 Å². The third-order valence-corrected chi connectivity index (χ3v) is 2.00. The van der Waals surface area contributed by atoms with Crippen molar-refractivity contribution in [1.82, 2.24) is 15.4 Å². The number of benzene rings is 1. The summed E-state index contributed by atoms with van der Waals surface area (Å²) in [4.78, 5) is 11.7. The summed E-state index contributed by atoms with van der Waals surface area (Å²) >= 11 is 0. The van der Waals surface area contributed by atoms with Gasteiger partial charge in [0.05, 0.1) is 13.3 Å². The number of nitrogens with zero attached hydrogens (tertiary/aromatic N) is 2. The van der Waals surface area contributed by atoms with Crippen molar-refractivity contribution < 1.29 is 9.53 Å². The van der Waals surface area contributed by atoms with Gasteiger partial charge >= 0.3 is 0 Å². The van der Waals surface area contributed by atoms with Gasteiger partial charge in [0.1, 0.15) is 5.75 Å². The molecule has 0 spiro atoms. The van der Waals surface area contributed by atoms with Crippen molar-refractivity contribution >= 4 is 5.78 Å². The van der Waals surface area contributed by atoms with E-state index in [2.05, 4.69) is 15.4 Å². The van der Waals surface area contributed by atoms with E-state index in [1.165, 1.54) is 6.20 Å². The molecule has 0 amide bonds. The Bertz CT molecular complexity index is 448. The molecule has 0 saturated heterocycles. The van der Waals surface area contributed by atoms with Crippen LogP contribution in [0, 0.1) is 0 Å². The van der Waals surface area contributed by atoms with Crippen LogP contribution in [0.4, 0.5) is 0 Å². The van der Waals surface area contributed by atoms with Crippen LogP contribution in [0.5, 0.6) is 5.75 Å². The number of carbonyl (C=O) groups is 1. The minimum Gasteiger partial charge on any atom is -0.497 e. The van der Waals surface area contributed by atoms with E-state index in [-0.39, 0.29) is 5.78 Å². The first kappa shape index (κ1) is 9.39. The van der Waals surface area contributed by atoms with Crippen molar-refractivity contribution in [3.63, 3.8) is 0 Å². The number of aromatic amines is 1. The van der Waals surface area contributed by atoms with Gasteiger partial charge in [-0.15, -0.1) is 0 Å². The number of aromatic nitrogens is 3. The summed E-state index contributed by atoms with van der Waals surface area (Å²) in [5, 5.41) is 9.70. The highest BCUT2D eigenvalue weighted by atomic mass is 16.5. The Balaban J connectivity index is 2.27. The summed E-state index contributed by atoms with van der Waals surface area (Å²) in [7, 11) is 1.58. The molecule has 0 fully saturated rings. The summed E-state index contributed by atoms with van der Waals surface area (Å²) in [6, 6.07) is 6.84. The van der Waals surface area contributed by atoms with Crippen LogP contribution < -0.4 is 4.74 Å². The van der Waals surface area contributed by atoms with Crippen LogP contribution in [0.1, 0.15) is 16.1 Å². The van der Waals surface area contributed by atoms with Crippen LogP contribution in [0.15, 0.2) is 30.5 Å². The van der Waals surface area contributed by atoms with Crippen molar-refractivity contribution in [3.05, 3.63) is 41.7 Å². The van der Waals surface area contributed by atoms with Gasteiger partial charge in [0.2, 0.25) is 5.78 Å². The molecule has 2 rings (SSSR count). The van der Waals surface area contributed by atoms with Crippen molar-refractivity contribution in [2.75, 3.05) is 7.11 Å². The average Bonchev–Trinajstić information content (AvgIpc) is 2.82. The second-order valence-electron chi connectivity index (χ2n) is 2.91. The van der Waals surface area contributed by atoms with Gasteiger partial charge in [-0.2, -0.15) is 15.4 Å². The van der Waals surface area contributed by atoms with E-state index in [4.69, 9.17) is 4.74 Å². The van der Waals surface area contributed by atoms with Gasteiger partial charge in [0.25, 0.3) is 0 Å². The van der Waals surface area contributed by atoms with Gasteiger partial charge in [-0.25, -0.2) is 0 Å². The molecular weight excluding hydrogens is 194 g/mol. The molecule has 0 bridgehead atoms. The standard InChI is InChI=1S/C10H9N3O2/c1-15-8-4-2-7(3-5-8)10(14)9-6-11-13-12-9/h2-6H,1H3,(H,11,12,13). The smallest absolute Gasteiger partial charge is 0.214 e. The minimum absolute atomic E-state index is 0.161. The maximum absolute atomic E-state index is 11.7. The third-order valence-electron chi connectivity index (χ3n) is 2.00. The lowest BCUT2D eigenvalue weighted by atomic mass is 10.1. The zero-order chi connectivity index (χ0) is 10.7. The molecular formula is C10H9N3O2. The Morgan fingerprint density at radius 1 is 1.33 bits per heavy atom. The summed E-state index contributed by atoms with van der Waals surface area (Å²) in [5.41, 5.74) is 0.866. The predicted octanol–water partition coefficient (Wildman–Crippen LogP) is 1.04. The molecule has 2 aromatic rings. The highest BCUT2D eigenvalue weighted by Gasteiger charge is 2.11. The summed E-state index contributed by atoms with van der Waals surface area (Å²) in [5.74, 6) is 0.554. The zero-order valence-electron chi connectivity index (χ0n) is 8.10. The second kappa shape index (κ2) is 3.91. The van der Waals surface area contributed by atoms with Gasteiger partial charge in [-0.3, -0.25) is 4.79 Å². The van der Waals surface area contributed by atoms with Gasteiger partial charge in [0, 0.05) is 5.56 Å². The van der Waals surface area contributed by atoms with Crippen molar-refractivity contribution in [3.8, 4) is 5.75 Å². The highest BCUT2D eigenvalue weighted by molar-refractivity contribution is 6.07. The first-order valence-electron chi connectivity index (χ1n) is 4.36. The van der Waals surface area contributed by atoms with E-state index < -0.39 is 0 Å². The Labute approximate surface area is 86.1 Å².